The zero-order valence-corrected chi connectivity index (χ0v) is 51.9. The molecular weight excluding hydrogens is 1040 g/mol. The van der Waals surface area contributed by atoms with E-state index >= 15 is 0 Å². The van der Waals surface area contributed by atoms with Crippen LogP contribution in [0.1, 0.15) is 152 Å². The maximum atomic E-state index is 14.0. The fraction of sp³-hybridized carbons (Fsp3) is 0.289. The molecule has 8 aromatic carbocycles. The second-order valence-electron chi connectivity index (χ2n) is 26.8. The van der Waals surface area contributed by atoms with Crippen LogP contribution in [-0.4, -0.2) is 46.3 Å². The quantitative estimate of drug-likeness (QED) is 0.0672. The van der Waals surface area contributed by atoms with Crippen LogP contribution < -0.4 is 31.1 Å². The van der Waals surface area contributed by atoms with E-state index in [0.29, 0.717) is 11.1 Å². The number of hydrogen-bond donors (Lipinski definition) is 0. The highest BCUT2D eigenvalue weighted by molar-refractivity contribution is 7.00. The number of anilines is 7. The van der Waals surface area contributed by atoms with Crippen molar-refractivity contribution in [1.82, 2.24) is 14.0 Å². The van der Waals surface area contributed by atoms with Crippen molar-refractivity contribution in [2.45, 2.75) is 130 Å². The minimum Gasteiger partial charge on any atom is -0.356 e. The first-order valence-corrected chi connectivity index (χ1v) is 30.9. The minimum atomic E-state index is -0.275. The van der Waals surface area contributed by atoms with Gasteiger partial charge in [0.15, 0.2) is 0 Å². The maximum absolute atomic E-state index is 14.0. The summed E-state index contributed by atoms with van der Waals surface area (Å²) in [5, 5.41) is 2.30. The molecule has 8 nitrogen and oxygen atoms in total. The molecule has 2 aromatic heterocycles. The van der Waals surface area contributed by atoms with Gasteiger partial charge in [0.2, 0.25) is 0 Å². The van der Waals surface area contributed by atoms with Gasteiger partial charge in [-0.2, -0.15) is 0 Å². The second-order valence-corrected chi connectivity index (χ2v) is 26.8. The van der Waals surface area contributed by atoms with Crippen molar-refractivity contribution in [2.75, 3.05) is 28.4 Å². The van der Waals surface area contributed by atoms with Gasteiger partial charge in [-0.15, -0.1) is 0 Å². The lowest BCUT2D eigenvalue weighted by atomic mass is 9.34. The van der Waals surface area contributed by atoms with Gasteiger partial charge < -0.3 is 23.8 Å². The van der Waals surface area contributed by atoms with E-state index in [1.54, 1.807) is 12.1 Å². The Labute approximate surface area is 503 Å². The van der Waals surface area contributed by atoms with Gasteiger partial charge in [-0.3, -0.25) is 14.5 Å². The molecule has 0 N–H and O–H groups in total. The van der Waals surface area contributed by atoms with Crippen LogP contribution in [0.15, 0.2) is 182 Å². The fourth-order valence-electron chi connectivity index (χ4n) is 13.4. The first-order chi connectivity index (χ1) is 40.7. The van der Waals surface area contributed by atoms with Crippen molar-refractivity contribution in [3.63, 3.8) is 0 Å². The third-order valence-electron chi connectivity index (χ3n) is 20.6. The molecule has 0 radical (unpaired) electrons. The molecule has 3 aliphatic rings. The number of fused-ring (bicyclic) bond motifs is 5. The van der Waals surface area contributed by atoms with Gasteiger partial charge in [0.25, 0.3) is 18.5 Å². The molecule has 0 spiro atoms. The van der Waals surface area contributed by atoms with Crippen molar-refractivity contribution >= 4 is 96.5 Å². The van der Waals surface area contributed by atoms with E-state index in [4.69, 9.17) is 0 Å². The summed E-state index contributed by atoms with van der Waals surface area (Å²) in [7, 11) is 1.99. The number of benzene rings is 8. The zero-order chi connectivity index (χ0) is 59.6. The molecule has 13 rings (SSSR count). The highest BCUT2D eigenvalue weighted by Crippen LogP contribution is 2.46. The normalized spacial score (nSPS) is 13.7. The van der Waals surface area contributed by atoms with E-state index in [-0.39, 0.29) is 46.9 Å². The molecule has 3 aliphatic heterocycles. The van der Waals surface area contributed by atoms with E-state index in [9.17, 15) is 9.59 Å². The minimum absolute atomic E-state index is 0.0416. The molecule has 0 unspecified atom stereocenters. The number of rotatable bonds is 17. The molecule has 0 atom stereocenters. The van der Waals surface area contributed by atoms with Crippen LogP contribution in [0, 0.1) is 0 Å². The van der Waals surface area contributed by atoms with Crippen molar-refractivity contribution < 1.29 is 9.59 Å². The predicted octanol–water partition coefficient (Wildman–Crippen LogP) is 17.1. The third kappa shape index (κ3) is 8.85. The van der Waals surface area contributed by atoms with Crippen molar-refractivity contribution in [2.24, 2.45) is 0 Å². The van der Waals surface area contributed by atoms with Crippen LogP contribution in [0.5, 0.6) is 0 Å². The van der Waals surface area contributed by atoms with Gasteiger partial charge in [-0.25, -0.2) is 0 Å². The van der Waals surface area contributed by atoms with Crippen LogP contribution in [-0.2, 0) is 21.7 Å². The highest BCUT2D eigenvalue weighted by Gasteiger charge is 2.42. The second kappa shape index (κ2) is 20.3. The van der Waals surface area contributed by atoms with Gasteiger partial charge in [-0.05, 0) is 183 Å². The SMILES string of the molecule is CCC(C)(C)c1ccc(N(c2ccc(C(C)(C)CC)cc2)c2ccc3c4c2ccn4-c2cc(N(C)CN4C(=O)c5ccccc5C4=O)cc4c2B3c2ccc(N(c3ccc(C(C)(C)CC)cc3)c3ccc(C(C)(C)CC)cc3)c3ccn-4c23)cc1. The Morgan fingerprint density at radius 1 is 0.412 bits per heavy atom. The lowest BCUT2D eigenvalue weighted by Gasteiger charge is -2.36. The van der Waals surface area contributed by atoms with Gasteiger partial charge >= 0.3 is 0 Å². The fourth-order valence-corrected chi connectivity index (χ4v) is 13.4. The molecule has 0 saturated carbocycles. The van der Waals surface area contributed by atoms with Gasteiger partial charge in [0.05, 0.1) is 33.5 Å². The van der Waals surface area contributed by atoms with E-state index < -0.39 is 0 Å². The summed E-state index contributed by atoms with van der Waals surface area (Å²) < 4.78 is 4.80. The molecule has 428 valence electrons. The molecule has 10 aromatic rings. The average Bonchev–Trinajstić information content (AvgIpc) is 1.70. The molecule has 9 heteroatoms. The molecule has 0 saturated heterocycles. The average molecular weight is 1120 g/mol. The van der Waals surface area contributed by atoms with E-state index in [1.807, 2.05) is 19.2 Å². The Bertz CT molecular complexity index is 3890. The predicted molar refractivity (Wildman–Crippen MR) is 358 cm³/mol. The highest BCUT2D eigenvalue weighted by atomic mass is 16.2. The van der Waals surface area contributed by atoms with Gasteiger partial charge in [0, 0.05) is 70.0 Å². The van der Waals surface area contributed by atoms with Gasteiger partial charge in [-0.1, -0.05) is 156 Å². The summed E-state index contributed by atoms with van der Waals surface area (Å²) in [6, 6.07) is 62.7. The Morgan fingerprint density at radius 3 is 1.06 bits per heavy atom. The maximum Gasteiger partial charge on any atom is 0.263 e. The van der Waals surface area contributed by atoms with Crippen LogP contribution >= 0.6 is 0 Å². The molecular formula is C76H79BN6O2. The van der Waals surface area contributed by atoms with E-state index in [0.717, 1.165) is 98.7 Å². The number of nitrogens with zero attached hydrogens (tertiary/aromatic N) is 6. The van der Waals surface area contributed by atoms with E-state index in [1.165, 1.54) is 43.5 Å². The zero-order valence-electron chi connectivity index (χ0n) is 51.9. The monoisotopic (exact) mass is 1120 g/mol. The van der Waals surface area contributed by atoms with Crippen LogP contribution in [0.25, 0.3) is 33.2 Å². The Balaban J connectivity index is 1.02. The molecule has 0 aliphatic carbocycles. The van der Waals surface area contributed by atoms with Crippen molar-refractivity contribution in [1.29, 1.82) is 0 Å². The molecule has 0 bridgehead atoms. The van der Waals surface area contributed by atoms with Crippen molar-refractivity contribution in [3.05, 3.63) is 216 Å². The van der Waals surface area contributed by atoms with Crippen molar-refractivity contribution in [3.8, 4) is 11.4 Å². The van der Waals surface area contributed by atoms with Crippen LogP contribution in [0.3, 0.4) is 0 Å². The largest absolute Gasteiger partial charge is 0.356 e. The Hall–Kier alpha value is -8.56. The number of carbonyl (C=O) groups excluding carboxylic acids is 2. The topological polar surface area (TPSA) is 57.0 Å². The number of amides is 2. The van der Waals surface area contributed by atoms with E-state index in [2.05, 4.69) is 265 Å². The Kier molecular flexibility index (Phi) is 13.3. The lowest BCUT2D eigenvalue weighted by Crippen LogP contribution is -2.59. The Morgan fingerprint density at radius 2 is 0.741 bits per heavy atom. The summed E-state index contributed by atoms with van der Waals surface area (Å²) in [6.07, 6.45) is 8.66. The number of aromatic nitrogens is 2. The summed E-state index contributed by atoms with van der Waals surface area (Å²) in [6.45, 7) is 27.6. The summed E-state index contributed by atoms with van der Waals surface area (Å²) in [5.41, 5.74) is 22.0. The summed E-state index contributed by atoms with van der Waals surface area (Å²) in [5.74, 6) is -0.550. The van der Waals surface area contributed by atoms with Crippen LogP contribution in [0.4, 0.5) is 39.8 Å². The lowest BCUT2D eigenvalue weighted by molar-refractivity contribution is 0.0656. The number of hydrogen-bond acceptors (Lipinski definition) is 5. The van der Waals surface area contributed by atoms with Gasteiger partial charge in [0.1, 0.15) is 6.67 Å². The summed E-state index contributed by atoms with van der Waals surface area (Å²) in [4.78, 5) is 36.3. The molecule has 85 heavy (non-hydrogen) atoms. The number of imide groups is 1. The first-order valence-electron chi connectivity index (χ1n) is 30.9. The molecule has 2 amide bonds. The third-order valence-corrected chi connectivity index (χ3v) is 20.6. The standard InChI is InChI=1S/C76H79BN6O2/c1-14-73(5,6)49-22-30-53(31-23-49)82(54-32-24-50(25-33-54)74(7,8)15-2)64-40-38-62-69-60(64)42-44-79(69)66-46-57(78(13)48-81-71(84)58-20-18-19-21-59(58)72(81)85)47-67-68(66)77(62)63-39-41-65(61-43-45-80(67)70(61)63)83(55-34-26-51(27-35-55)75(9,10)16-3)56-36-28-52(29-37-56)76(11,12)17-4/h18-47H,14-17,48H2,1-13H3. The molecule has 5 heterocycles. The smallest absolute Gasteiger partial charge is 0.263 e. The number of carbonyl (C=O) groups is 2. The molecule has 0 fully saturated rings. The van der Waals surface area contributed by atoms with Crippen LogP contribution in [0.2, 0.25) is 0 Å². The summed E-state index contributed by atoms with van der Waals surface area (Å²) >= 11 is 0. The first kappa shape index (κ1) is 55.6.